The van der Waals surface area contributed by atoms with Gasteiger partial charge in [0.1, 0.15) is 5.52 Å². The third-order valence-corrected chi connectivity index (χ3v) is 3.65. The molecular weight excluding hydrogens is 234 g/mol. The summed E-state index contributed by atoms with van der Waals surface area (Å²) in [6.07, 6.45) is 1.18. The summed E-state index contributed by atoms with van der Waals surface area (Å²) in [6, 6.07) is 5.44. The first-order chi connectivity index (χ1) is 8.81. The molecule has 0 aliphatic carbocycles. The monoisotopic (exact) mass is 245 g/mol. The molecule has 2 unspecified atom stereocenters. The van der Waals surface area contributed by atoms with E-state index in [1.165, 1.54) is 0 Å². The second kappa shape index (κ2) is 3.52. The molecule has 0 radical (unpaired) electrons. The van der Waals surface area contributed by atoms with Crippen molar-refractivity contribution < 1.29 is 14.1 Å². The first kappa shape index (κ1) is 10.0. The Bertz CT molecular complexity index is 624. The molecule has 2 fully saturated rings. The van der Waals surface area contributed by atoms with E-state index in [-0.39, 0.29) is 18.1 Å². The van der Waals surface area contributed by atoms with Crippen molar-refractivity contribution in [2.45, 2.75) is 18.6 Å². The van der Waals surface area contributed by atoms with E-state index in [0.717, 1.165) is 6.42 Å². The number of benzene rings is 1. The molecule has 3 heterocycles. The van der Waals surface area contributed by atoms with Crippen LogP contribution in [-0.2, 0) is 4.74 Å². The first-order valence-electron chi connectivity index (χ1n) is 5.96. The number of nitrogens with zero attached hydrogens (tertiary/aromatic N) is 3. The zero-order valence-electron chi connectivity index (χ0n) is 9.57. The minimum Gasteiger partial charge on any atom is -0.374 e. The number of carbonyl (C=O) groups excluding carboxylic acids is 1. The summed E-state index contributed by atoms with van der Waals surface area (Å²) in [6.45, 7) is 1.35. The molecular formula is C12H11N3O3. The van der Waals surface area contributed by atoms with E-state index in [2.05, 4.69) is 10.4 Å². The Morgan fingerprint density at radius 2 is 2.39 bits per heavy atom. The fourth-order valence-corrected chi connectivity index (χ4v) is 2.73. The van der Waals surface area contributed by atoms with E-state index in [1.54, 1.807) is 18.2 Å². The number of hydrogen-bond donors (Lipinski definition) is 0. The van der Waals surface area contributed by atoms with Gasteiger partial charge in [-0.25, -0.2) is 0 Å². The molecule has 2 aliphatic heterocycles. The van der Waals surface area contributed by atoms with Gasteiger partial charge in [0.05, 0.1) is 18.8 Å². The Kier molecular flexibility index (Phi) is 1.96. The molecule has 1 aromatic carbocycles. The molecule has 1 amide bonds. The van der Waals surface area contributed by atoms with E-state index in [4.69, 9.17) is 9.26 Å². The lowest BCUT2D eigenvalue weighted by molar-refractivity contribution is 0.0259. The fraction of sp³-hybridized carbons (Fsp3) is 0.417. The summed E-state index contributed by atoms with van der Waals surface area (Å²) in [7, 11) is 0. The lowest BCUT2D eigenvalue weighted by Crippen LogP contribution is -2.41. The van der Waals surface area contributed by atoms with E-state index >= 15 is 0 Å². The molecule has 2 saturated heterocycles. The number of aromatic nitrogens is 2. The van der Waals surface area contributed by atoms with Crippen LogP contribution in [0, 0.1) is 0 Å². The van der Waals surface area contributed by atoms with Crippen molar-refractivity contribution in [3.8, 4) is 0 Å². The number of morpholine rings is 1. The predicted octanol–water partition coefficient (Wildman–Crippen LogP) is 0.836. The Balaban J connectivity index is 1.67. The quantitative estimate of drug-likeness (QED) is 0.744. The molecule has 92 valence electrons. The number of likely N-dealkylation sites (tertiary alicyclic amines) is 1. The maximum Gasteiger partial charge on any atom is 0.254 e. The van der Waals surface area contributed by atoms with Gasteiger partial charge in [0.15, 0.2) is 5.58 Å². The average Bonchev–Trinajstić information content (AvgIpc) is 3.12. The van der Waals surface area contributed by atoms with Crippen molar-refractivity contribution in [1.29, 1.82) is 0 Å². The van der Waals surface area contributed by atoms with Crippen molar-refractivity contribution in [3.05, 3.63) is 23.8 Å². The van der Waals surface area contributed by atoms with Gasteiger partial charge >= 0.3 is 0 Å². The highest BCUT2D eigenvalue weighted by molar-refractivity contribution is 5.97. The lowest BCUT2D eigenvalue weighted by Gasteiger charge is -2.26. The van der Waals surface area contributed by atoms with Crippen molar-refractivity contribution in [1.82, 2.24) is 15.3 Å². The Morgan fingerprint density at radius 1 is 1.44 bits per heavy atom. The molecule has 0 spiro atoms. The molecule has 6 heteroatoms. The SMILES string of the molecule is O=C(c1ccc2onnc2c1)N1CC2CC1CO2. The van der Waals surface area contributed by atoms with E-state index in [0.29, 0.717) is 29.8 Å². The van der Waals surface area contributed by atoms with Crippen LogP contribution in [-0.4, -0.2) is 46.5 Å². The van der Waals surface area contributed by atoms with Gasteiger partial charge in [0.25, 0.3) is 5.91 Å². The van der Waals surface area contributed by atoms with Crippen molar-refractivity contribution in [3.63, 3.8) is 0 Å². The van der Waals surface area contributed by atoms with Gasteiger partial charge in [-0.3, -0.25) is 4.79 Å². The van der Waals surface area contributed by atoms with E-state index < -0.39 is 0 Å². The summed E-state index contributed by atoms with van der Waals surface area (Å²) >= 11 is 0. The minimum absolute atomic E-state index is 0.0377. The fourth-order valence-electron chi connectivity index (χ4n) is 2.73. The van der Waals surface area contributed by atoms with Gasteiger partial charge < -0.3 is 14.2 Å². The van der Waals surface area contributed by atoms with Gasteiger partial charge in [-0.2, -0.15) is 0 Å². The second-order valence-electron chi connectivity index (χ2n) is 4.76. The van der Waals surface area contributed by atoms with E-state index in [1.807, 2.05) is 4.90 Å². The molecule has 0 N–H and O–H groups in total. The maximum atomic E-state index is 12.4. The van der Waals surface area contributed by atoms with Crippen molar-refractivity contribution in [2.75, 3.05) is 13.2 Å². The molecule has 18 heavy (non-hydrogen) atoms. The number of hydrogen-bond acceptors (Lipinski definition) is 5. The third kappa shape index (κ3) is 1.35. The smallest absolute Gasteiger partial charge is 0.254 e. The van der Waals surface area contributed by atoms with E-state index in [9.17, 15) is 4.79 Å². The predicted molar refractivity (Wildman–Crippen MR) is 61.0 cm³/mol. The van der Waals surface area contributed by atoms with Crippen LogP contribution in [0.3, 0.4) is 0 Å². The molecule has 2 aliphatic rings. The van der Waals surface area contributed by atoms with Crippen LogP contribution in [0.4, 0.5) is 0 Å². The summed E-state index contributed by atoms with van der Waals surface area (Å²) < 4.78 is 10.4. The Hall–Kier alpha value is -1.95. The second-order valence-corrected chi connectivity index (χ2v) is 4.76. The average molecular weight is 245 g/mol. The normalized spacial score (nSPS) is 26.1. The first-order valence-corrected chi connectivity index (χ1v) is 5.96. The molecule has 4 rings (SSSR count). The van der Waals surface area contributed by atoms with Crippen LogP contribution in [0.2, 0.25) is 0 Å². The van der Waals surface area contributed by atoms with Gasteiger partial charge in [0.2, 0.25) is 0 Å². The van der Waals surface area contributed by atoms with Gasteiger partial charge in [-0.05, 0) is 24.6 Å². The van der Waals surface area contributed by atoms with Crippen LogP contribution in [0.5, 0.6) is 0 Å². The highest BCUT2D eigenvalue weighted by atomic mass is 16.5. The summed E-state index contributed by atoms with van der Waals surface area (Å²) in [5, 5.41) is 7.29. The van der Waals surface area contributed by atoms with Crippen LogP contribution in [0.25, 0.3) is 11.1 Å². The third-order valence-electron chi connectivity index (χ3n) is 3.65. The summed E-state index contributed by atoms with van der Waals surface area (Å²) in [4.78, 5) is 14.3. The summed E-state index contributed by atoms with van der Waals surface area (Å²) in [5.74, 6) is 0.0377. The lowest BCUT2D eigenvalue weighted by atomic mass is 10.1. The topological polar surface area (TPSA) is 68.5 Å². The molecule has 2 bridgehead atoms. The molecule has 1 aromatic heterocycles. The minimum atomic E-state index is 0.0377. The van der Waals surface area contributed by atoms with Gasteiger partial charge in [-0.15, -0.1) is 5.10 Å². The zero-order valence-corrected chi connectivity index (χ0v) is 9.57. The largest absolute Gasteiger partial charge is 0.374 e. The van der Waals surface area contributed by atoms with Crippen molar-refractivity contribution >= 4 is 17.0 Å². The standard InChI is InChI=1S/C12H11N3O3/c16-12(15-5-9-4-8(15)6-17-9)7-1-2-11-10(3-7)13-14-18-11/h1-3,8-9H,4-6H2. The van der Waals surface area contributed by atoms with Crippen LogP contribution in [0.15, 0.2) is 22.7 Å². The number of fused-ring (bicyclic) bond motifs is 3. The maximum absolute atomic E-state index is 12.4. The van der Waals surface area contributed by atoms with Crippen LogP contribution >= 0.6 is 0 Å². The number of rotatable bonds is 1. The summed E-state index contributed by atoms with van der Waals surface area (Å²) in [5.41, 5.74) is 1.84. The number of carbonyl (C=O) groups is 1. The number of amides is 1. The Morgan fingerprint density at radius 3 is 3.17 bits per heavy atom. The van der Waals surface area contributed by atoms with Crippen LogP contribution < -0.4 is 0 Å². The number of ether oxygens (including phenoxy) is 1. The van der Waals surface area contributed by atoms with Gasteiger partial charge in [-0.1, -0.05) is 0 Å². The van der Waals surface area contributed by atoms with Gasteiger partial charge in [0, 0.05) is 17.4 Å². The molecule has 6 nitrogen and oxygen atoms in total. The molecule has 0 saturated carbocycles. The van der Waals surface area contributed by atoms with Crippen LogP contribution in [0.1, 0.15) is 16.8 Å². The zero-order chi connectivity index (χ0) is 12.1. The Labute approximate surface area is 102 Å². The highest BCUT2D eigenvalue weighted by Gasteiger charge is 2.41. The van der Waals surface area contributed by atoms with Crippen molar-refractivity contribution in [2.24, 2.45) is 0 Å². The molecule has 2 atom stereocenters. The molecule has 2 aromatic rings. The highest BCUT2D eigenvalue weighted by Crippen LogP contribution is 2.29.